The second-order valence-electron chi connectivity index (χ2n) is 11.9. The first-order valence-electron chi connectivity index (χ1n) is 15.8. The molecule has 0 radical (unpaired) electrons. The SMILES string of the molecule is c1ccc(-c2nc(-c3ccc4ccccc4c3)nc(-c3cncc4oc5cc(-c6cccc7c6sc6ccccc67)ccc5c34)n2)cc1. The van der Waals surface area contributed by atoms with Crippen molar-refractivity contribution in [2.24, 2.45) is 0 Å². The maximum absolute atomic E-state index is 6.50. The zero-order chi connectivity index (χ0) is 31.6. The van der Waals surface area contributed by atoms with Crippen molar-refractivity contribution in [1.82, 2.24) is 19.9 Å². The van der Waals surface area contributed by atoms with Crippen LogP contribution in [0.15, 0.2) is 150 Å². The molecule has 0 aliphatic rings. The minimum atomic E-state index is 0.548. The van der Waals surface area contributed by atoms with Gasteiger partial charge in [-0.15, -0.1) is 11.3 Å². The Bertz CT molecular complexity index is 2860. The number of pyridine rings is 1. The van der Waals surface area contributed by atoms with Crippen molar-refractivity contribution in [2.75, 3.05) is 0 Å². The highest BCUT2D eigenvalue weighted by Gasteiger charge is 2.19. The van der Waals surface area contributed by atoms with E-state index in [1.54, 1.807) is 6.20 Å². The van der Waals surface area contributed by atoms with Crippen LogP contribution in [0.2, 0.25) is 0 Å². The monoisotopic (exact) mass is 632 g/mol. The third-order valence-corrected chi connectivity index (χ3v) is 10.2. The fraction of sp³-hybridized carbons (Fsp3) is 0. The molecule has 0 saturated heterocycles. The van der Waals surface area contributed by atoms with Crippen LogP contribution in [0, 0.1) is 0 Å². The minimum absolute atomic E-state index is 0.548. The van der Waals surface area contributed by atoms with Gasteiger partial charge in [-0.25, -0.2) is 15.0 Å². The van der Waals surface area contributed by atoms with E-state index in [0.717, 1.165) is 44.0 Å². The molecule has 0 fully saturated rings. The van der Waals surface area contributed by atoms with Crippen LogP contribution in [0.5, 0.6) is 0 Å². The Morgan fingerprint density at radius 3 is 2.12 bits per heavy atom. The third kappa shape index (κ3) is 4.31. The first-order chi connectivity index (χ1) is 23.8. The Labute approximate surface area is 278 Å². The molecule has 0 spiro atoms. The van der Waals surface area contributed by atoms with Crippen molar-refractivity contribution in [3.63, 3.8) is 0 Å². The van der Waals surface area contributed by atoms with Gasteiger partial charge in [0.05, 0.1) is 6.20 Å². The Hall–Kier alpha value is -6.24. The van der Waals surface area contributed by atoms with E-state index in [-0.39, 0.29) is 0 Å². The van der Waals surface area contributed by atoms with E-state index < -0.39 is 0 Å². The summed E-state index contributed by atoms with van der Waals surface area (Å²) in [5, 5.41) is 6.78. The summed E-state index contributed by atoms with van der Waals surface area (Å²) in [5.74, 6) is 1.76. The number of benzene rings is 6. The van der Waals surface area contributed by atoms with Gasteiger partial charge < -0.3 is 4.42 Å². The Morgan fingerprint density at radius 2 is 1.21 bits per heavy atom. The quantitative estimate of drug-likeness (QED) is 0.193. The van der Waals surface area contributed by atoms with Gasteiger partial charge in [0.2, 0.25) is 0 Å². The van der Waals surface area contributed by atoms with Gasteiger partial charge in [-0.05, 0) is 46.2 Å². The molecule has 0 aliphatic carbocycles. The molecule has 4 heterocycles. The first-order valence-corrected chi connectivity index (χ1v) is 16.6. The summed E-state index contributed by atoms with van der Waals surface area (Å²) >= 11 is 1.83. The van der Waals surface area contributed by atoms with Crippen molar-refractivity contribution in [2.45, 2.75) is 0 Å². The zero-order valence-corrected chi connectivity index (χ0v) is 26.3. The molecule has 0 atom stereocenters. The largest absolute Gasteiger partial charge is 0.454 e. The van der Waals surface area contributed by atoms with Gasteiger partial charge >= 0.3 is 0 Å². The zero-order valence-electron chi connectivity index (χ0n) is 25.5. The Morgan fingerprint density at radius 1 is 0.458 bits per heavy atom. The topological polar surface area (TPSA) is 64.7 Å². The molecule has 6 aromatic carbocycles. The van der Waals surface area contributed by atoms with Gasteiger partial charge in [-0.2, -0.15) is 0 Å². The van der Waals surface area contributed by atoms with E-state index >= 15 is 0 Å². The van der Waals surface area contributed by atoms with Gasteiger partial charge in [0.25, 0.3) is 0 Å². The van der Waals surface area contributed by atoms with Crippen molar-refractivity contribution >= 4 is 64.2 Å². The summed E-state index contributed by atoms with van der Waals surface area (Å²) < 4.78 is 9.06. The van der Waals surface area contributed by atoms with E-state index in [2.05, 4.69) is 96.0 Å². The summed E-state index contributed by atoms with van der Waals surface area (Å²) in [6, 6.07) is 46.3. The second kappa shape index (κ2) is 10.7. The first kappa shape index (κ1) is 26.9. The van der Waals surface area contributed by atoms with Crippen LogP contribution >= 0.6 is 11.3 Å². The van der Waals surface area contributed by atoms with Crippen LogP contribution < -0.4 is 0 Å². The molecule has 0 N–H and O–H groups in total. The van der Waals surface area contributed by atoms with Crippen LogP contribution in [-0.4, -0.2) is 19.9 Å². The van der Waals surface area contributed by atoms with Crippen LogP contribution in [0.1, 0.15) is 0 Å². The van der Waals surface area contributed by atoms with Crippen LogP contribution in [-0.2, 0) is 0 Å². The highest BCUT2D eigenvalue weighted by molar-refractivity contribution is 7.26. The van der Waals surface area contributed by atoms with E-state index in [9.17, 15) is 0 Å². The van der Waals surface area contributed by atoms with E-state index in [0.29, 0.717) is 23.1 Å². The number of furan rings is 1. The van der Waals surface area contributed by atoms with Gasteiger partial charge in [-0.3, -0.25) is 4.98 Å². The summed E-state index contributed by atoms with van der Waals surface area (Å²) in [4.78, 5) is 19.6. The number of nitrogens with zero attached hydrogens (tertiary/aromatic N) is 4. The predicted octanol–water partition coefficient (Wildman–Crippen LogP) is 11.4. The third-order valence-electron chi connectivity index (χ3n) is 9.01. The molecule has 10 aromatic rings. The highest BCUT2D eigenvalue weighted by Crippen LogP contribution is 2.42. The standard InChI is InChI=1S/C42H24N4OS/c1-2-10-26(11-3-1)40-44-41(29-18-17-25-9-4-5-12-27(25)21-29)46-42(45-40)34-23-43-24-36-38(34)33-20-19-28(22-35(33)47-36)30-14-8-15-32-31-13-6-7-16-37(31)48-39(30)32/h1-24H. The molecule has 48 heavy (non-hydrogen) atoms. The van der Waals surface area contributed by atoms with Crippen LogP contribution in [0.4, 0.5) is 0 Å². The Balaban J connectivity index is 1.16. The van der Waals surface area contributed by atoms with E-state index in [4.69, 9.17) is 19.4 Å². The van der Waals surface area contributed by atoms with Crippen molar-refractivity contribution in [1.29, 1.82) is 0 Å². The maximum atomic E-state index is 6.50. The fourth-order valence-electron chi connectivity index (χ4n) is 6.71. The molecule has 0 amide bonds. The summed E-state index contributed by atoms with van der Waals surface area (Å²) in [6.45, 7) is 0. The van der Waals surface area contributed by atoms with Crippen molar-refractivity contribution in [3.05, 3.63) is 146 Å². The number of hydrogen-bond acceptors (Lipinski definition) is 6. The summed E-state index contributed by atoms with van der Waals surface area (Å²) in [7, 11) is 0. The lowest BCUT2D eigenvalue weighted by Gasteiger charge is -2.09. The Kier molecular flexibility index (Phi) is 5.98. The van der Waals surface area contributed by atoms with Crippen LogP contribution in [0.3, 0.4) is 0 Å². The molecule has 0 unspecified atom stereocenters. The smallest absolute Gasteiger partial charge is 0.166 e. The molecular formula is C42H24N4OS. The number of aromatic nitrogens is 4. The van der Waals surface area contributed by atoms with Crippen LogP contribution in [0.25, 0.3) is 98.2 Å². The number of hydrogen-bond donors (Lipinski definition) is 0. The van der Waals surface area contributed by atoms with E-state index in [1.807, 2.05) is 60.0 Å². The number of thiophene rings is 1. The lowest BCUT2D eigenvalue weighted by atomic mass is 10.0. The number of rotatable bonds is 4. The maximum Gasteiger partial charge on any atom is 0.166 e. The van der Waals surface area contributed by atoms with Crippen molar-refractivity contribution < 1.29 is 4.42 Å². The molecular weight excluding hydrogens is 609 g/mol. The second-order valence-corrected chi connectivity index (χ2v) is 12.9. The van der Waals surface area contributed by atoms with Gasteiger partial charge in [0, 0.05) is 53.8 Å². The highest BCUT2D eigenvalue weighted by atomic mass is 32.1. The fourth-order valence-corrected chi connectivity index (χ4v) is 7.95. The molecule has 0 bridgehead atoms. The molecule has 0 saturated carbocycles. The van der Waals surface area contributed by atoms with Gasteiger partial charge in [0.15, 0.2) is 23.1 Å². The average Bonchev–Trinajstić information content (AvgIpc) is 3.73. The molecule has 0 aliphatic heterocycles. The predicted molar refractivity (Wildman–Crippen MR) is 197 cm³/mol. The molecule has 224 valence electrons. The summed E-state index contributed by atoms with van der Waals surface area (Å²) in [6.07, 6.45) is 3.60. The lowest BCUT2D eigenvalue weighted by molar-refractivity contribution is 0.667. The average molecular weight is 633 g/mol. The van der Waals surface area contributed by atoms with Gasteiger partial charge in [-0.1, -0.05) is 109 Å². The lowest BCUT2D eigenvalue weighted by Crippen LogP contribution is -2.00. The molecule has 5 nitrogen and oxygen atoms in total. The summed E-state index contributed by atoms with van der Waals surface area (Å²) in [5.41, 5.74) is 6.42. The normalized spacial score (nSPS) is 11.8. The van der Waals surface area contributed by atoms with E-state index in [1.165, 1.54) is 31.1 Å². The molecule has 6 heteroatoms. The molecule has 10 rings (SSSR count). The number of fused-ring (bicyclic) bond motifs is 7. The van der Waals surface area contributed by atoms with Gasteiger partial charge in [0.1, 0.15) is 5.58 Å². The minimum Gasteiger partial charge on any atom is -0.454 e. The van der Waals surface area contributed by atoms with Crippen molar-refractivity contribution in [3.8, 4) is 45.3 Å². The molecule has 4 aromatic heterocycles.